The monoisotopic (exact) mass is 346 g/mol. The van der Waals surface area contributed by atoms with Crippen molar-refractivity contribution in [3.63, 3.8) is 0 Å². The highest BCUT2D eigenvalue weighted by Gasteiger charge is 2.22. The Morgan fingerprint density at radius 3 is 2.52 bits per heavy atom. The molecule has 2 N–H and O–H groups in total. The fraction of sp³-hybridized carbons (Fsp3) is 0.556. The highest BCUT2D eigenvalue weighted by Crippen LogP contribution is 2.15. The molecule has 1 atom stereocenters. The Morgan fingerprint density at radius 1 is 1.08 bits per heavy atom. The van der Waals surface area contributed by atoms with Crippen LogP contribution in [0.25, 0.3) is 0 Å². The van der Waals surface area contributed by atoms with Crippen LogP contribution in [0.4, 0.5) is 10.5 Å². The van der Waals surface area contributed by atoms with Gasteiger partial charge in [0, 0.05) is 45.0 Å². The van der Waals surface area contributed by atoms with Crippen molar-refractivity contribution in [2.75, 3.05) is 50.8 Å². The third-order valence-electron chi connectivity index (χ3n) is 4.64. The van der Waals surface area contributed by atoms with Crippen LogP contribution in [-0.4, -0.2) is 68.8 Å². The normalized spacial score (nSPS) is 20.4. The first-order valence-electron chi connectivity index (χ1n) is 8.93. The zero-order valence-electron chi connectivity index (χ0n) is 14.4. The number of hydrogen-bond donors (Lipinski definition) is 2. The Kier molecular flexibility index (Phi) is 6.11. The van der Waals surface area contributed by atoms with Crippen LogP contribution < -0.4 is 15.5 Å². The zero-order valence-corrected chi connectivity index (χ0v) is 14.4. The molecular formula is C18H26N4O3. The van der Waals surface area contributed by atoms with Gasteiger partial charge in [0.1, 0.15) is 0 Å². The topological polar surface area (TPSA) is 73.9 Å². The minimum absolute atomic E-state index is 0.00442. The standard InChI is InChI=1S/C18H26N4O3/c23-17(19-13-16-7-4-12-25-16)14-20-18(24)22-10-8-21(9-11-22)15-5-2-1-3-6-15/h1-3,5-6,16H,4,7-14H2,(H,19,23)(H,20,24). The Balaban J connectivity index is 1.34. The first-order chi connectivity index (χ1) is 12.2. The number of para-hydroxylation sites is 1. The molecule has 2 aliphatic rings. The molecule has 3 amide bonds. The average Bonchev–Trinajstić information content (AvgIpc) is 3.19. The van der Waals surface area contributed by atoms with Crippen molar-refractivity contribution < 1.29 is 14.3 Å². The van der Waals surface area contributed by atoms with E-state index < -0.39 is 0 Å². The fourth-order valence-electron chi connectivity index (χ4n) is 3.17. The molecule has 1 aromatic carbocycles. The second-order valence-corrected chi connectivity index (χ2v) is 6.41. The molecule has 0 bridgehead atoms. The van der Waals surface area contributed by atoms with E-state index in [-0.39, 0.29) is 24.6 Å². The molecule has 7 heteroatoms. The van der Waals surface area contributed by atoms with Gasteiger partial charge in [-0.05, 0) is 25.0 Å². The van der Waals surface area contributed by atoms with E-state index in [0.717, 1.165) is 32.5 Å². The maximum Gasteiger partial charge on any atom is 0.317 e. The molecule has 0 spiro atoms. The highest BCUT2D eigenvalue weighted by molar-refractivity contribution is 5.84. The molecular weight excluding hydrogens is 320 g/mol. The molecule has 7 nitrogen and oxygen atoms in total. The summed E-state index contributed by atoms with van der Waals surface area (Å²) in [5.74, 6) is -0.174. The van der Waals surface area contributed by atoms with Gasteiger partial charge in [0.15, 0.2) is 0 Å². The van der Waals surface area contributed by atoms with Gasteiger partial charge >= 0.3 is 6.03 Å². The summed E-state index contributed by atoms with van der Waals surface area (Å²) in [4.78, 5) is 28.0. The Hall–Kier alpha value is -2.28. The van der Waals surface area contributed by atoms with Crippen LogP contribution in [0.3, 0.4) is 0 Å². The lowest BCUT2D eigenvalue weighted by Gasteiger charge is -2.36. The van der Waals surface area contributed by atoms with Crippen LogP contribution in [0.15, 0.2) is 30.3 Å². The van der Waals surface area contributed by atoms with Crippen molar-refractivity contribution in [3.8, 4) is 0 Å². The number of urea groups is 1. The number of amides is 3. The Bertz CT molecular complexity index is 567. The lowest BCUT2D eigenvalue weighted by molar-refractivity contribution is -0.120. The summed E-state index contributed by atoms with van der Waals surface area (Å²) in [5, 5.41) is 5.50. The van der Waals surface area contributed by atoms with Gasteiger partial charge in [-0.3, -0.25) is 4.79 Å². The van der Waals surface area contributed by atoms with Crippen molar-refractivity contribution in [3.05, 3.63) is 30.3 Å². The molecule has 0 aromatic heterocycles. The van der Waals surface area contributed by atoms with Crippen LogP contribution >= 0.6 is 0 Å². The number of ether oxygens (including phenoxy) is 1. The SMILES string of the molecule is O=C(CNC(=O)N1CCN(c2ccccc2)CC1)NCC1CCCO1. The molecule has 2 saturated heterocycles. The van der Waals surface area contributed by atoms with E-state index in [4.69, 9.17) is 4.74 Å². The molecule has 2 fully saturated rings. The molecule has 136 valence electrons. The minimum atomic E-state index is -0.181. The van der Waals surface area contributed by atoms with Gasteiger partial charge in [-0.25, -0.2) is 4.79 Å². The predicted octanol–water partition coefficient (Wildman–Crippen LogP) is 0.813. The second-order valence-electron chi connectivity index (χ2n) is 6.41. The summed E-state index contributed by atoms with van der Waals surface area (Å²) in [7, 11) is 0. The average molecular weight is 346 g/mol. The molecule has 3 rings (SSSR count). The maximum absolute atomic E-state index is 12.2. The molecule has 2 heterocycles. The molecule has 0 aliphatic carbocycles. The van der Waals surface area contributed by atoms with Crippen LogP contribution in [0.2, 0.25) is 0 Å². The van der Waals surface area contributed by atoms with Gasteiger partial charge in [-0.1, -0.05) is 18.2 Å². The zero-order chi connectivity index (χ0) is 17.5. The molecule has 1 unspecified atom stereocenters. The van der Waals surface area contributed by atoms with Gasteiger partial charge in [-0.15, -0.1) is 0 Å². The van der Waals surface area contributed by atoms with Crippen molar-refractivity contribution in [2.24, 2.45) is 0 Å². The summed E-state index contributed by atoms with van der Waals surface area (Å²) in [6.07, 6.45) is 2.15. The number of benzene rings is 1. The highest BCUT2D eigenvalue weighted by atomic mass is 16.5. The van der Waals surface area contributed by atoms with Crippen LogP contribution in [0.5, 0.6) is 0 Å². The molecule has 0 saturated carbocycles. The summed E-state index contributed by atoms with van der Waals surface area (Å²) in [6.45, 7) is 4.18. The van der Waals surface area contributed by atoms with Crippen LogP contribution in [-0.2, 0) is 9.53 Å². The maximum atomic E-state index is 12.2. The van der Waals surface area contributed by atoms with Crippen molar-refractivity contribution in [1.29, 1.82) is 0 Å². The number of nitrogens with zero attached hydrogens (tertiary/aromatic N) is 2. The Labute approximate surface area is 148 Å². The molecule has 25 heavy (non-hydrogen) atoms. The third kappa shape index (κ3) is 5.09. The quantitative estimate of drug-likeness (QED) is 0.828. The van der Waals surface area contributed by atoms with Crippen LogP contribution in [0.1, 0.15) is 12.8 Å². The first kappa shape index (κ1) is 17.5. The van der Waals surface area contributed by atoms with E-state index in [1.54, 1.807) is 4.90 Å². The van der Waals surface area contributed by atoms with Crippen molar-refractivity contribution in [2.45, 2.75) is 18.9 Å². The van der Waals surface area contributed by atoms with Crippen LogP contribution in [0, 0.1) is 0 Å². The summed E-state index contributed by atoms with van der Waals surface area (Å²) < 4.78 is 5.46. The smallest absolute Gasteiger partial charge is 0.317 e. The van der Waals surface area contributed by atoms with E-state index in [0.29, 0.717) is 19.6 Å². The lowest BCUT2D eigenvalue weighted by Crippen LogP contribution is -2.53. The largest absolute Gasteiger partial charge is 0.376 e. The van der Waals surface area contributed by atoms with Gasteiger partial charge in [0.05, 0.1) is 12.6 Å². The van der Waals surface area contributed by atoms with Gasteiger partial charge in [0.25, 0.3) is 0 Å². The number of carbonyl (C=O) groups is 2. The number of carbonyl (C=O) groups excluding carboxylic acids is 2. The van der Waals surface area contributed by atoms with Gasteiger partial charge in [-0.2, -0.15) is 0 Å². The summed E-state index contributed by atoms with van der Waals surface area (Å²) in [6, 6.07) is 10.0. The van der Waals surface area contributed by atoms with Gasteiger partial charge < -0.3 is 25.2 Å². The third-order valence-corrected chi connectivity index (χ3v) is 4.64. The number of nitrogens with one attached hydrogen (secondary N) is 2. The van der Waals surface area contributed by atoms with Gasteiger partial charge in [0.2, 0.25) is 5.91 Å². The van der Waals surface area contributed by atoms with E-state index >= 15 is 0 Å². The first-order valence-corrected chi connectivity index (χ1v) is 8.93. The number of anilines is 1. The molecule has 1 aromatic rings. The summed E-state index contributed by atoms with van der Waals surface area (Å²) >= 11 is 0. The lowest BCUT2D eigenvalue weighted by atomic mass is 10.2. The molecule has 2 aliphatic heterocycles. The second kappa shape index (κ2) is 8.71. The Morgan fingerprint density at radius 2 is 1.84 bits per heavy atom. The number of piperazine rings is 1. The van der Waals surface area contributed by atoms with E-state index in [9.17, 15) is 9.59 Å². The van der Waals surface area contributed by atoms with E-state index in [1.165, 1.54) is 5.69 Å². The molecule has 0 radical (unpaired) electrons. The predicted molar refractivity (Wildman–Crippen MR) is 95.6 cm³/mol. The van der Waals surface area contributed by atoms with Crippen molar-refractivity contribution in [1.82, 2.24) is 15.5 Å². The fourth-order valence-corrected chi connectivity index (χ4v) is 3.17. The summed E-state index contributed by atoms with van der Waals surface area (Å²) in [5.41, 5.74) is 1.18. The number of hydrogen-bond acceptors (Lipinski definition) is 4. The number of rotatable bonds is 5. The van der Waals surface area contributed by atoms with E-state index in [1.807, 2.05) is 18.2 Å². The van der Waals surface area contributed by atoms with Crippen molar-refractivity contribution >= 4 is 17.6 Å². The van der Waals surface area contributed by atoms with E-state index in [2.05, 4.69) is 27.7 Å². The minimum Gasteiger partial charge on any atom is -0.376 e.